The summed E-state index contributed by atoms with van der Waals surface area (Å²) in [6, 6.07) is 0.436. The Morgan fingerprint density at radius 2 is 1.72 bits per heavy atom. The number of hydrogen-bond donors (Lipinski definition) is 2. The van der Waals surface area contributed by atoms with E-state index in [1.165, 1.54) is 43.6 Å². The van der Waals surface area contributed by atoms with E-state index in [2.05, 4.69) is 44.8 Å². The molecule has 0 aromatic rings. The van der Waals surface area contributed by atoms with Gasteiger partial charge in [0, 0.05) is 11.6 Å². The van der Waals surface area contributed by atoms with Crippen LogP contribution in [0, 0.1) is 0 Å². The van der Waals surface area contributed by atoms with Gasteiger partial charge in [-0.25, -0.2) is 0 Å². The molecule has 0 saturated carbocycles. The van der Waals surface area contributed by atoms with E-state index < -0.39 is 0 Å². The second-order valence-corrected chi connectivity index (χ2v) is 7.02. The number of thioether (sulfide) groups is 1. The fraction of sp³-hybridized carbons (Fsp3) is 1.00. The highest BCUT2D eigenvalue weighted by Gasteiger charge is 2.22. The molecular weight excluding hydrogens is 242 g/mol. The third-order valence-corrected chi connectivity index (χ3v) is 4.30. The fourth-order valence-corrected chi connectivity index (χ4v) is 3.19. The minimum Gasteiger partial charge on any atom is -0.394 e. The molecule has 0 amide bonds. The van der Waals surface area contributed by atoms with Gasteiger partial charge in [-0.05, 0) is 37.7 Å². The molecule has 0 rings (SSSR count). The summed E-state index contributed by atoms with van der Waals surface area (Å²) in [4.78, 5) is 0. The lowest BCUT2D eigenvalue weighted by atomic mass is 9.95. The molecule has 0 aliphatic rings. The molecule has 0 heterocycles. The van der Waals surface area contributed by atoms with E-state index in [1.54, 1.807) is 0 Å². The molecule has 0 radical (unpaired) electrons. The first-order valence-electron chi connectivity index (χ1n) is 7.50. The molecule has 1 atom stereocenters. The van der Waals surface area contributed by atoms with Crippen molar-refractivity contribution >= 4 is 11.8 Å². The predicted molar refractivity (Wildman–Crippen MR) is 84.5 cm³/mol. The summed E-state index contributed by atoms with van der Waals surface area (Å²) in [5.74, 6) is 2.59. The molecule has 18 heavy (non-hydrogen) atoms. The van der Waals surface area contributed by atoms with Crippen molar-refractivity contribution < 1.29 is 5.11 Å². The van der Waals surface area contributed by atoms with Gasteiger partial charge >= 0.3 is 0 Å². The van der Waals surface area contributed by atoms with Gasteiger partial charge < -0.3 is 10.4 Å². The van der Waals surface area contributed by atoms with Gasteiger partial charge in [0.15, 0.2) is 0 Å². The zero-order chi connectivity index (χ0) is 13.9. The van der Waals surface area contributed by atoms with Gasteiger partial charge in [-0.1, -0.05) is 40.0 Å². The Kier molecular flexibility index (Phi) is 11.3. The quantitative estimate of drug-likeness (QED) is 0.531. The molecular formula is C15H33NOS. The van der Waals surface area contributed by atoms with Crippen molar-refractivity contribution in [2.24, 2.45) is 0 Å². The number of rotatable bonds is 12. The van der Waals surface area contributed by atoms with Crippen molar-refractivity contribution in [2.75, 3.05) is 18.1 Å². The lowest BCUT2D eigenvalue weighted by Crippen LogP contribution is -2.49. The maximum atomic E-state index is 9.47. The Labute approximate surface area is 118 Å². The first-order valence-corrected chi connectivity index (χ1v) is 8.66. The van der Waals surface area contributed by atoms with Crippen LogP contribution in [0.15, 0.2) is 0 Å². The molecule has 0 aromatic carbocycles. The molecule has 0 aromatic heterocycles. The largest absolute Gasteiger partial charge is 0.394 e. The Bertz CT molecular complexity index is 187. The van der Waals surface area contributed by atoms with Gasteiger partial charge in [0.1, 0.15) is 0 Å². The van der Waals surface area contributed by atoms with E-state index in [9.17, 15) is 5.11 Å². The van der Waals surface area contributed by atoms with Crippen molar-refractivity contribution in [3.05, 3.63) is 0 Å². The molecule has 110 valence electrons. The average Bonchev–Trinajstić information content (AvgIpc) is 2.32. The van der Waals surface area contributed by atoms with Crippen LogP contribution in [-0.4, -0.2) is 34.8 Å². The molecule has 0 aliphatic heterocycles. The predicted octanol–water partition coefficient (Wildman–Crippen LogP) is 3.83. The number of aliphatic hydroxyl groups excluding tert-OH is 1. The number of unbranched alkanes of at least 4 members (excludes halogenated alkanes) is 3. The van der Waals surface area contributed by atoms with Crippen LogP contribution in [-0.2, 0) is 0 Å². The second-order valence-electron chi connectivity index (χ2n) is 5.79. The van der Waals surface area contributed by atoms with E-state index in [4.69, 9.17) is 0 Å². The summed E-state index contributed by atoms with van der Waals surface area (Å²) in [6.07, 6.45) is 7.59. The van der Waals surface area contributed by atoms with Crippen LogP contribution in [0.4, 0.5) is 0 Å². The minimum absolute atomic E-state index is 0.0962. The van der Waals surface area contributed by atoms with Gasteiger partial charge in [-0.2, -0.15) is 11.8 Å². The highest BCUT2D eigenvalue weighted by Crippen LogP contribution is 2.16. The first-order chi connectivity index (χ1) is 8.54. The van der Waals surface area contributed by atoms with Crippen molar-refractivity contribution in [2.45, 2.75) is 77.8 Å². The van der Waals surface area contributed by atoms with Crippen molar-refractivity contribution in [3.8, 4) is 0 Å². The van der Waals surface area contributed by atoms with Gasteiger partial charge in [-0.3, -0.25) is 0 Å². The van der Waals surface area contributed by atoms with Gasteiger partial charge in [0.05, 0.1) is 6.61 Å². The first kappa shape index (κ1) is 18.3. The van der Waals surface area contributed by atoms with Gasteiger partial charge in [0.25, 0.3) is 0 Å². The van der Waals surface area contributed by atoms with E-state index >= 15 is 0 Å². The van der Waals surface area contributed by atoms with Crippen LogP contribution < -0.4 is 5.32 Å². The third kappa shape index (κ3) is 10.2. The van der Waals surface area contributed by atoms with Crippen LogP contribution in [0.3, 0.4) is 0 Å². The van der Waals surface area contributed by atoms with Gasteiger partial charge in [0.2, 0.25) is 0 Å². The Morgan fingerprint density at radius 1 is 1.11 bits per heavy atom. The smallest absolute Gasteiger partial charge is 0.0610 e. The summed E-state index contributed by atoms with van der Waals surface area (Å²) in [6.45, 7) is 8.88. The van der Waals surface area contributed by atoms with Crippen LogP contribution in [0.2, 0.25) is 0 Å². The molecule has 0 spiro atoms. The van der Waals surface area contributed by atoms with Crippen molar-refractivity contribution in [1.29, 1.82) is 0 Å². The molecule has 2 N–H and O–H groups in total. The topological polar surface area (TPSA) is 32.3 Å². The van der Waals surface area contributed by atoms with Crippen molar-refractivity contribution in [3.63, 3.8) is 0 Å². The van der Waals surface area contributed by atoms with Crippen molar-refractivity contribution in [1.82, 2.24) is 5.32 Å². The summed E-state index contributed by atoms with van der Waals surface area (Å²) >= 11 is 2.08. The molecule has 0 saturated heterocycles. The summed E-state index contributed by atoms with van der Waals surface area (Å²) in [7, 11) is 0. The van der Waals surface area contributed by atoms with Crippen LogP contribution >= 0.6 is 11.8 Å². The molecule has 0 aliphatic carbocycles. The number of nitrogens with one attached hydrogen (secondary N) is 1. The molecule has 3 heteroatoms. The lowest BCUT2D eigenvalue weighted by Gasteiger charge is -2.31. The second kappa shape index (κ2) is 11.1. The lowest BCUT2D eigenvalue weighted by molar-refractivity contribution is 0.154. The maximum Gasteiger partial charge on any atom is 0.0610 e. The third-order valence-electron chi connectivity index (χ3n) is 3.15. The fourth-order valence-electron chi connectivity index (χ4n) is 2.17. The van der Waals surface area contributed by atoms with Crippen LogP contribution in [0.5, 0.6) is 0 Å². The zero-order valence-corrected chi connectivity index (χ0v) is 13.6. The monoisotopic (exact) mass is 275 g/mol. The van der Waals surface area contributed by atoms with E-state index in [0.29, 0.717) is 6.04 Å². The Balaban J connectivity index is 3.50. The summed E-state index contributed by atoms with van der Waals surface area (Å²) < 4.78 is 0. The standard InChI is InChI=1S/C15H33NOS/c1-5-6-8-11-18-12-9-7-10-15(4,13-17)16-14(2)3/h14,16-17H,5-13H2,1-4H3. The van der Waals surface area contributed by atoms with Gasteiger partial charge in [-0.15, -0.1) is 0 Å². The average molecular weight is 276 g/mol. The summed E-state index contributed by atoms with van der Waals surface area (Å²) in [5, 5.41) is 12.9. The minimum atomic E-state index is -0.0962. The molecule has 2 nitrogen and oxygen atoms in total. The number of aliphatic hydroxyl groups is 1. The highest BCUT2D eigenvalue weighted by molar-refractivity contribution is 7.99. The molecule has 1 unspecified atom stereocenters. The zero-order valence-electron chi connectivity index (χ0n) is 12.8. The Morgan fingerprint density at radius 3 is 2.22 bits per heavy atom. The number of hydrogen-bond acceptors (Lipinski definition) is 3. The highest BCUT2D eigenvalue weighted by atomic mass is 32.2. The van der Waals surface area contributed by atoms with E-state index in [-0.39, 0.29) is 12.1 Å². The summed E-state index contributed by atoms with van der Waals surface area (Å²) in [5.41, 5.74) is -0.0962. The van der Waals surface area contributed by atoms with E-state index in [1.807, 2.05) is 0 Å². The Hall–Kier alpha value is 0.270. The van der Waals surface area contributed by atoms with Crippen LogP contribution in [0.1, 0.15) is 66.2 Å². The normalized spacial score (nSPS) is 15.0. The van der Waals surface area contributed by atoms with E-state index in [0.717, 1.165) is 6.42 Å². The molecule has 0 fully saturated rings. The SMILES string of the molecule is CCCCCSCCCCC(C)(CO)NC(C)C. The maximum absolute atomic E-state index is 9.47. The van der Waals surface area contributed by atoms with Crippen LogP contribution in [0.25, 0.3) is 0 Å². The molecule has 0 bridgehead atoms.